The van der Waals surface area contributed by atoms with Gasteiger partial charge in [-0.15, -0.1) is 0 Å². The Labute approximate surface area is 159 Å². The first kappa shape index (κ1) is 19.3. The van der Waals surface area contributed by atoms with Gasteiger partial charge < -0.3 is 19.0 Å². The van der Waals surface area contributed by atoms with Crippen LogP contribution in [0, 0.1) is 5.82 Å². The van der Waals surface area contributed by atoms with Crippen molar-refractivity contribution >= 4 is 11.8 Å². The van der Waals surface area contributed by atoms with E-state index in [1.807, 2.05) is 44.9 Å². The summed E-state index contributed by atoms with van der Waals surface area (Å²) in [6.45, 7) is 6.80. The quantitative estimate of drug-likeness (QED) is 0.765. The largest absolute Gasteiger partial charge is 0.464 e. The number of ether oxygens (including phenoxy) is 1. The van der Waals surface area contributed by atoms with Crippen molar-refractivity contribution in [2.45, 2.75) is 45.3 Å². The van der Waals surface area contributed by atoms with Crippen LogP contribution in [0.1, 0.15) is 33.6 Å². The van der Waals surface area contributed by atoms with Crippen LogP contribution in [0.2, 0.25) is 0 Å². The average Bonchev–Trinajstić information content (AvgIpc) is 3.14. The number of furan rings is 1. The highest BCUT2D eigenvalue weighted by molar-refractivity contribution is 5.68. The normalized spacial score (nSPS) is 15.7. The van der Waals surface area contributed by atoms with E-state index in [1.54, 1.807) is 23.3 Å². The van der Waals surface area contributed by atoms with Crippen molar-refractivity contribution in [1.29, 1.82) is 0 Å². The van der Waals surface area contributed by atoms with Gasteiger partial charge in [0.25, 0.3) is 0 Å². The molecular formula is C21H27FN2O3. The molecule has 0 aliphatic carbocycles. The molecule has 0 N–H and O–H groups in total. The lowest BCUT2D eigenvalue weighted by Gasteiger charge is -2.38. The molecule has 0 atom stereocenters. The van der Waals surface area contributed by atoms with Crippen molar-refractivity contribution in [2.24, 2.45) is 0 Å². The Kier molecular flexibility index (Phi) is 5.44. The van der Waals surface area contributed by atoms with E-state index in [0.717, 1.165) is 18.4 Å². The Morgan fingerprint density at radius 1 is 1.26 bits per heavy atom. The van der Waals surface area contributed by atoms with Crippen LogP contribution < -0.4 is 4.90 Å². The number of benzene rings is 1. The van der Waals surface area contributed by atoms with Crippen molar-refractivity contribution in [3.05, 3.63) is 42.4 Å². The smallest absolute Gasteiger partial charge is 0.410 e. The molecular weight excluding hydrogens is 347 g/mol. The first-order valence-corrected chi connectivity index (χ1v) is 9.29. The van der Waals surface area contributed by atoms with Gasteiger partial charge in [-0.05, 0) is 63.9 Å². The van der Waals surface area contributed by atoms with Crippen LogP contribution in [-0.4, -0.2) is 42.8 Å². The highest BCUT2D eigenvalue weighted by Crippen LogP contribution is 2.29. The molecule has 1 aromatic carbocycles. The van der Waals surface area contributed by atoms with E-state index in [-0.39, 0.29) is 18.0 Å². The Bertz CT molecular complexity index is 775. The summed E-state index contributed by atoms with van der Waals surface area (Å²) in [5.74, 6) is 0.370. The minimum atomic E-state index is -0.496. The van der Waals surface area contributed by atoms with Gasteiger partial charge in [0, 0.05) is 31.7 Å². The zero-order valence-corrected chi connectivity index (χ0v) is 16.4. The molecule has 3 rings (SSSR count). The van der Waals surface area contributed by atoms with Crippen molar-refractivity contribution in [2.75, 3.05) is 25.0 Å². The van der Waals surface area contributed by atoms with E-state index >= 15 is 0 Å². The number of carbonyl (C=O) groups is 1. The molecule has 0 saturated carbocycles. The molecule has 2 heterocycles. The summed E-state index contributed by atoms with van der Waals surface area (Å²) >= 11 is 0. The Morgan fingerprint density at radius 2 is 1.96 bits per heavy atom. The van der Waals surface area contributed by atoms with Crippen LogP contribution in [0.15, 0.2) is 41.0 Å². The van der Waals surface area contributed by atoms with E-state index in [0.29, 0.717) is 24.5 Å². The number of rotatable bonds is 3. The summed E-state index contributed by atoms with van der Waals surface area (Å²) < 4.78 is 25.4. The maximum atomic E-state index is 14.7. The molecule has 1 saturated heterocycles. The summed E-state index contributed by atoms with van der Waals surface area (Å²) in [5, 5.41) is 0. The maximum absolute atomic E-state index is 14.7. The fourth-order valence-electron chi connectivity index (χ4n) is 3.35. The third-order valence-electron chi connectivity index (χ3n) is 4.80. The van der Waals surface area contributed by atoms with Gasteiger partial charge in [-0.2, -0.15) is 0 Å². The van der Waals surface area contributed by atoms with Gasteiger partial charge in [0.15, 0.2) is 0 Å². The van der Waals surface area contributed by atoms with E-state index < -0.39 is 5.60 Å². The van der Waals surface area contributed by atoms with Gasteiger partial charge in [-0.1, -0.05) is 0 Å². The lowest BCUT2D eigenvalue weighted by atomic mass is 10.0. The van der Waals surface area contributed by atoms with Crippen LogP contribution in [0.25, 0.3) is 11.3 Å². The van der Waals surface area contributed by atoms with E-state index in [9.17, 15) is 9.18 Å². The van der Waals surface area contributed by atoms with Gasteiger partial charge >= 0.3 is 6.09 Å². The molecule has 1 aliphatic heterocycles. The molecule has 1 amide bonds. The number of hydrogen-bond acceptors (Lipinski definition) is 4. The predicted octanol–water partition coefficient (Wildman–Crippen LogP) is 4.92. The SMILES string of the molecule is CN(c1ccc(-c2ccco2)cc1F)C1CCN(C(=O)OC(C)(C)C)CC1. The van der Waals surface area contributed by atoms with Crippen LogP contribution in [0.3, 0.4) is 0 Å². The van der Waals surface area contributed by atoms with Crippen molar-refractivity contribution in [3.8, 4) is 11.3 Å². The van der Waals surface area contributed by atoms with Crippen LogP contribution >= 0.6 is 0 Å². The third kappa shape index (κ3) is 4.62. The first-order chi connectivity index (χ1) is 12.7. The number of piperidine rings is 1. The number of nitrogens with zero attached hydrogens (tertiary/aromatic N) is 2. The standard InChI is InChI=1S/C21H27FN2O3/c1-21(2,3)27-20(25)24-11-9-16(10-12-24)23(4)18-8-7-15(14-17(18)22)19-6-5-13-26-19/h5-8,13-14,16H,9-12H2,1-4H3. The average molecular weight is 374 g/mol. The number of halogens is 1. The van der Waals surface area contributed by atoms with Crippen LogP contribution in [0.4, 0.5) is 14.9 Å². The lowest BCUT2D eigenvalue weighted by molar-refractivity contribution is 0.0205. The maximum Gasteiger partial charge on any atom is 0.410 e. The lowest BCUT2D eigenvalue weighted by Crippen LogP contribution is -2.47. The summed E-state index contributed by atoms with van der Waals surface area (Å²) in [6, 6.07) is 8.92. The zero-order chi connectivity index (χ0) is 19.6. The number of anilines is 1. The summed E-state index contributed by atoms with van der Waals surface area (Å²) in [5.41, 5.74) is 0.777. The molecule has 0 radical (unpaired) electrons. The molecule has 1 fully saturated rings. The number of hydrogen-bond donors (Lipinski definition) is 0. The monoisotopic (exact) mass is 374 g/mol. The molecule has 0 unspecified atom stereocenters. The Hall–Kier alpha value is -2.50. The fourth-order valence-corrected chi connectivity index (χ4v) is 3.35. The fraction of sp³-hybridized carbons (Fsp3) is 0.476. The molecule has 27 heavy (non-hydrogen) atoms. The van der Waals surface area contributed by atoms with Crippen LogP contribution in [-0.2, 0) is 4.74 Å². The molecule has 0 bridgehead atoms. The summed E-state index contributed by atoms with van der Waals surface area (Å²) in [7, 11) is 1.90. The molecule has 146 valence electrons. The second-order valence-corrected chi connectivity index (χ2v) is 7.95. The number of likely N-dealkylation sites (tertiary alicyclic amines) is 1. The molecule has 1 aromatic heterocycles. The zero-order valence-electron chi connectivity index (χ0n) is 16.4. The van der Waals surface area contributed by atoms with Gasteiger partial charge in [0.2, 0.25) is 0 Å². The number of carbonyl (C=O) groups excluding carboxylic acids is 1. The van der Waals surface area contributed by atoms with Gasteiger partial charge in [0.1, 0.15) is 17.2 Å². The predicted molar refractivity (Wildman–Crippen MR) is 103 cm³/mol. The van der Waals surface area contributed by atoms with E-state index in [4.69, 9.17) is 9.15 Å². The minimum absolute atomic E-state index is 0.174. The number of amides is 1. The highest BCUT2D eigenvalue weighted by atomic mass is 19.1. The molecule has 1 aliphatic rings. The Balaban J connectivity index is 1.62. The summed E-state index contributed by atoms with van der Waals surface area (Å²) in [4.78, 5) is 15.9. The molecule has 5 nitrogen and oxygen atoms in total. The van der Waals surface area contributed by atoms with E-state index in [1.165, 1.54) is 6.07 Å². The second-order valence-electron chi connectivity index (χ2n) is 7.95. The highest BCUT2D eigenvalue weighted by Gasteiger charge is 2.29. The van der Waals surface area contributed by atoms with Gasteiger partial charge in [-0.3, -0.25) is 0 Å². The first-order valence-electron chi connectivity index (χ1n) is 9.29. The summed E-state index contributed by atoms with van der Waals surface area (Å²) in [6.07, 6.45) is 2.84. The molecule has 0 spiro atoms. The second kappa shape index (κ2) is 7.62. The van der Waals surface area contributed by atoms with Crippen molar-refractivity contribution in [3.63, 3.8) is 0 Å². The third-order valence-corrected chi connectivity index (χ3v) is 4.80. The minimum Gasteiger partial charge on any atom is -0.464 e. The van der Waals surface area contributed by atoms with Gasteiger partial charge in [-0.25, -0.2) is 9.18 Å². The van der Waals surface area contributed by atoms with Crippen molar-refractivity contribution < 1.29 is 18.3 Å². The van der Waals surface area contributed by atoms with E-state index in [2.05, 4.69) is 0 Å². The van der Waals surface area contributed by atoms with Gasteiger partial charge in [0.05, 0.1) is 12.0 Å². The molecule has 6 heteroatoms. The van der Waals surface area contributed by atoms with Crippen molar-refractivity contribution in [1.82, 2.24) is 4.90 Å². The van der Waals surface area contributed by atoms with Crippen LogP contribution in [0.5, 0.6) is 0 Å². The Morgan fingerprint density at radius 3 is 2.52 bits per heavy atom. The molecule has 2 aromatic rings. The topological polar surface area (TPSA) is 45.9 Å².